The third kappa shape index (κ3) is 4.28. The van der Waals surface area contributed by atoms with E-state index in [1.165, 1.54) is 22.2 Å². The van der Waals surface area contributed by atoms with Crippen LogP contribution in [0.15, 0.2) is 40.3 Å². The van der Waals surface area contributed by atoms with Gasteiger partial charge in [0.15, 0.2) is 0 Å². The van der Waals surface area contributed by atoms with E-state index in [0.29, 0.717) is 21.0 Å². The molecule has 0 aliphatic rings. The standard InChI is InChI=1S/C18H17ClN2O3S2/c1-11-12(2)26-17-16(11)18(23)21(10-20-17)9-15(22)24-7-8-25-14-5-3-13(19)4-6-14/h3-6,10H,7-9H2,1-2H3. The van der Waals surface area contributed by atoms with Gasteiger partial charge in [-0.3, -0.25) is 14.2 Å². The van der Waals surface area contributed by atoms with Crippen LogP contribution in [0, 0.1) is 13.8 Å². The highest BCUT2D eigenvalue weighted by molar-refractivity contribution is 7.99. The number of carbonyl (C=O) groups is 1. The number of halogens is 1. The molecule has 136 valence electrons. The van der Waals surface area contributed by atoms with Gasteiger partial charge in [-0.1, -0.05) is 11.6 Å². The first-order valence-corrected chi connectivity index (χ1v) is 10.1. The number of hydrogen-bond donors (Lipinski definition) is 0. The first-order chi connectivity index (χ1) is 12.5. The summed E-state index contributed by atoms with van der Waals surface area (Å²) in [5, 5.41) is 1.27. The molecule has 0 saturated heterocycles. The Bertz CT molecular complexity index is 996. The molecule has 0 bridgehead atoms. The van der Waals surface area contributed by atoms with E-state index in [1.807, 2.05) is 38.1 Å². The summed E-state index contributed by atoms with van der Waals surface area (Å²) < 4.78 is 6.52. The predicted molar refractivity (Wildman–Crippen MR) is 106 cm³/mol. The first-order valence-electron chi connectivity index (χ1n) is 7.95. The number of aryl methyl sites for hydroxylation is 2. The SMILES string of the molecule is Cc1sc2ncn(CC(=O)OCCSc3ccc(Cl)cc3)c(=O)c2c1C. The van der Waals surface area contributed by atoms with Crippen LogP contribution in [0.1, 0.15) is 10.4 Å². The second-order valence-corrected chi connectivity index (χ2v) is 8.47. The zero-order chi connectivity index (χ0) is 18.7. The van der Waals surface area contributed by atoms with Crippen molar-refractivity contribution >= 4 is 50.9 Å². The molecule has 0 atom stereocenters. The molecule has 8 heteroatoms. The molecule has 0 N–H and O–H groups in total. The van der Waals surface area contributed by atoms with Crippen LogP contribution in [0.3, 0.4) is 0 Å². The Morgan fingerprint density at radius 1 is 1.31 bits per heavy atom. The highest BCUT2D eigenvalue weighted by atomic mass is 35.5. The fourth-order valence-electron chi connectivity index (χ4n) is 2.41. The Morgan fingerprint density at radius 3 is 2.77 bits per heavy atom. The van der Waals surface area contributed by atoms with E-state index in [2.05, 4.69) is 4.98 Å². The third-order valence-electron chi connectivity index (χ3n) is 3.88. The molecule has 0 saturated carbocycles. The number of benzene rings is 1. The molecule has 0 aliphatic carbocycles. The first kappa shape index (κ1) is 18.9. The Hall–Kier alpha value is -1.83. The highest BCUT2D eigenvalue weighted by Crippen LogP contribution is 2.25. The van der Waals surface area contributed by atoms with Gasteiger partial charge in [-0.15, -0.1) is 23.1 Å². The van der Waals surface area contributed by atoms with Crippen molar-refractivity contribution < 1.29 is 9.53 Å². The molecular weight excluding hydrogens is 392 g/mol. The molecule has 0 radical (unpaired) electrons. The fourth-order valence-corrected chi connectivity index (χ4v) is 4.26. The zero-order valence-electron chi connectivity index (χ0n) is 14.3. The molecule has 0 fully saturated rings. The van der Waals surface area contributed by atoms with Crippen LogP contribution >= 0.6 is 34.7 Å². The highest BCUT2D eigenvalue weighted by Gasteiger charge is 2.14. The minimum atomic E-state index is -0.449. The Balaban J connectivity index is 1.56. The topological polar surface area (TPSA) is 61.2 Å². The number of thioether (sulfide) groups is 1. The van der Waals surface area contributed by atoms with Crippen LogP contribution < -0.4 is 5.56 Å². The van der Waals surface area contributed by atoms with E-state index < -0.39 is 5.97 Å². The number of aromatic nitrogens is 2. The number of carbonyl (C=O) groups excluding carboxylic acids is 1. The molecule has 0 aliphatic heterocycles. The number of fused-ring (bicyclic) bond motifs is 1. The van der Waals surface area contributed by atoms with Crippen LogP contribution in [-0.4, -0.2) is 27.9 Å². The number of thiophene rings is 1. The van der Waals surface area contributed by atoms with Crippen molar-refractivity contribution in [2.45, 2.75) is 25.3 Å². The van der Waals surface area contributed by atoms with Crippen molar-refractivity contribution in [1.29, 1.82) is 0 Å². The summed E-state index contributed by atoms with van der Waals surface area (Å²) in [5.41, 5.74) is 0.717. The number of hydrogen-bond acceptors (Lipinski definition) is 6. The summed E-state index contributed by atoms with van der Waals surface area (Å²) in [4.78, 5) is 31.7. The maximum Gasteiger partial charge on any atom is 0.326 e. The monoisotopic (exact) mass is 408 g/mol. The molecule has 0 unspecified atom stereocenters. The summed E-state index contributed by atoms with van der Waals surface area (Å²) in [7, 11) is 0. The minimum Gasteiger partial charge on any atom is -0.463 e. The lowest BCUT2D eigenvalue weighted by molar-refractivity contribution is -0.143. The average molecular weight is 409 g/mol. The smallest absolute Gasteiger partial charge is 0.326 e. The zero-order valence-corrected chi connectivity index (χ0v) is 16.7. The van der Waals surface area contributed by atoms with Crippen molar-refractivity contribution in [3.8, 4) is 0 Å². The minimum absolute atomic E-state index is 0.137. The molecule has 0 spiro atoms. The molecule has 0 amide bonds. The summed E-state index contributed by atoms with van der Waals surface area (Å²) in [6.45, 7) is 3.99. The largest absolute Gasteiger partial charge is 0.463 e. The summed E-state index contributed by atoms with van der Waals surface area (Å²) in [6, 6.07) is 7.47. The van der Waals surface area contributed by atoms with Crippen molar-refractivity contribution in [2.24, 2.45) is 0 Å². The number of nitrogens with zero attached hydrogens (tertiary/aromatic N) is 2. The Labute approximate surface area is 164 Å². The lowest BCUT2D eigenvalue weighted by Crippen LogP contribution is -2.26. The van der Waals surface area contributed by atoms with Gasteiger partial charge in [-0.2, -0.15) is 0 Å². The van der Waals surface area contributed by atoms with Crippen molar-refractivity contribution in [2.75, 3.05) is 12.4 Å². The fraction of sp³-hybridized carbons (Fsp3) is 0.278. The van der Waals surface area contributed by atoms with Crippen LogP contribution in [0.25, 0.3) is 10.2 Å². The molecule has 2 aromatic heterocycles. The molecule has 26 heavy (non-hydrogen) atoms. The van der Waals surface area contributed by atoms with E-state index in [9.17, 15) is 9.59 Å². The molecule has 1 aromatic carbocycles. The summed E-state index contributed by atoms with van der Waals surface area (Å²) in [6.07, 6.45) is 1.41. The maximum atomic E-state index is 12.5. The van der Waals surface area contributed by atoms with E-state index >= 15 is 0 Å². The van der Waals surface area contributed by atoms with Crippen molar-refractivity contribution in [3.63, 3.8) is 0 Å². The molecule has 5 nitrogen and oxygen atoms in total. The lowest BCUT2D eigenvalue weighted by atomic mass is 10.2. The number of esters is 1. The predicted octanol–water partition coefficient (Wildman–Crippen LogP) is 4.06. The number of rotatable bonds is 6. The molecular formula is C18H17ClN2O3S2. The van der Waals surface area contributed by atoms with Gasteiger partial charge in [-0.25, -0.2) is 4.98 Å². The normalized spacial score (nSPS) is 11.0. The van der Waals surface area contributed by atoms with Gasteiger partial charge >= 0.3 is 5.97 Å². The van der Waals surface area contributed by atoms with Crippen LogP contribution in [0.5, 0.6) is 0 Å². The van der Waals surface area contributed by atoms with Gasteiger partial charge in [0.05, 0.1) is 11.7 Å². The van der Waals surface area contributed by atoms with Gasteiger partial charge in [0.25, 0.3) is 5.56 Å². The summed E-state index contributed by atoms with van der Waals surface area (Å²) in [5.74, 6) is 0.178. The van der Waals surface area contributed by atoms with Crippen molar-refractivity contribution in [3.05, 3.63) is 56.4 Å². The second kappa shape index (κ2) is 8.24. The van der Waals surface area contributed by atoms with Gasteiger partial charge in [0.2, 0.25) is 0 Å². The van der Waals surface area contributed by atoms with Crippen LogP contribution in [-0.2, 0) is 16.1 Å². The molecule has 2 heterocycles. The van der Waals surface area contributed by atoms with Gasteiger partial charge in [0, 0.05) is 20.5 Å². The number of ether oxygens (including phenoxy) is 1. The van der Waals surface area contributed by atoms with Crippen LogP contribution in [0.4, 0.5) is 0 Å². The van der Waals surface area contributed by atoms with Crippen LogP contribution in [0.2, 0.25) is 5.02 Å². The average Bonchev–Trinajstić information content (AvgIpc) is 2.91. The van der Waals surface area contributed by atoms with E-state index in [4.69, 9.17) is 16.3 Å². The Morgan fingerprint density at radius 2 is 2.04 bits per heavy atom. The van der Waals surface area contributed by atoms with E-state index in [-0.39, 0.29) is 18.7 Å². The Kier molecular flexibility index (Phi) is 6.01. The molecule has 3 aromatic rings. The van der Waals surface area contributed by atoms with Gasteiger partial charge in [0.1, 0.15) is 18.0 Å². The molecule has 3 rings (SSSR count). The van der Waals surface area contributed by atoms with Gasteiger partial charge < -0.3 is 4.74 Å². The maximum absolute atomic E-state index is 12.5. The van der Waals surface area contributed by atoms with E-state index in [1.54, 1.807) is 11.8 Å². The third-order valence-corrected chi connectivity index (χ3v) is 6.23. The van der Waals surface area contributed by atoms with Crippen molar-refractivity contribution in [1.82, 2.24) is 9.55 Å². The van der Waals surface area contributed by atoms with E-state index in [0.717, 1.165) is 15.3 Å². The quantitative estimate of drug-likeness (QED) is 0.349. The van der Waals surface area contributed by atoms with Gasteiger partial charge in [-0.05, 0) is 43.7 Å². The lowest BCUT2D eigenvalue weighted by Gasteiger charge is -2.07. The summed E-state index contributed by atoms with van der Waals surface area (Å²) >= 11 is 8.90. The second-order valence-electron chi connectivity index (χ2n) is 5.66.